The second-order valence-corrected chi connectivity index (χ2v) is 7.29. The number of nitrogens with zero attached hydrogens (tertiary/aromatic N) is 3. The van der Waals surface area contributed by atoms with Crippen LogP contribution in [0, 0.1) is 0 Å². The van der Waals surface area contributed by atoms with Crippen molar-refractivity contribution in [1.29, 1.82) is 0 Å². The lowest BCUT2D eigenvalue weighted by atomic mass is 10.0. The summed E-state index contributed by atoms with van der Waals surface area (Å²) in [7, 11) is 0. The quantitative estimate of drug-likeness (QED) is 0.264. The molecule has 158 valence electrons. The highest BCUT2D eigenvalue weighted by atomic mass is 16.3. The zero-order chi connectivity index (χ0) is 21.9. The third-order valence-corrected chi connectivity index (χ3v) is 5.05. The van der Waals surface area contributed by atoms with Crippen LogP contribution in [0.3, 0.4) is 0 Å². The molecule has 0 atom stereocenters. The van der Waals surface area contributed by atoms with E-state index in [4.69, 9.17) is 0 Å². The van der Waals surface area contributed by atoms with Crippen LogP contribution in [0.4, 0.5) is 11.5 Å². The van der Waals surface area contributed by atoms with Crippen LogP contribution in [-0.4, -0.2) is 42.6 Å². The minimum atomic E-state index is -0.221. The Bertz CT molecular complexity index is 1400. The average molecular weight is 425 g/mol. The van der Waals surface area contributed by atoms with Gasteiger partial charge < -0.3 is 15.4 Å². The number of aromatic nitrogens is 5. The van der Waals surface area contributed by atoms with Crippen LogP contribution in [-0.2, 0) is 6.42 Å². The molecule has 0 fully saturated rings. The second-order valence-electron chi connectivity index (χ2n) is 7.29. The molecule has 0 aliphatic heterocycles. The summed E-state index contributed by atoms with van der Waals surface area (Å²) >= 11 is 0. The van der Waals surface area contributed by atoms with Crippen molar-refractivity contribution in [2.75, 3.05) is 5.32 Å². The fourth-order valence-corrected chi connectivity index (χ4v) is 3.51. The van der Waals surface area contributed by atoms with Crippen LogP contribution >= 0.6 is 0 Å². The number of aromatic amines is 3. The third kappa shape index (κ3) is 3.99. The maximum Gasteiger partial charge on any atom is 0.258 e. The standard InChI is InChI=1S/C23H19N7O2/c31-22(16-11-26-27-12-16)28-17-3-1-2-14(9-17)8-15-4-5-20-18(10-15)19(23(32)29-20)13-24-21-6-7-25-30-21/h1-7,9-13,29,32H,8H2,(H,25,30)(H,26,27)(H,28,31). The minimum absolute atomic E-state index is 0.0596. The zero-order valence-electron chi connectivity index (χ0n) is 16.8. The van der Waals surface area contributed by atoms with E-state index in [2.05, 4.69) is 35.7 Å². The number of carbonyl (C=O) groups is 1. The van der Waals surface area contributed by atoms with Gasteiger partial charge in [0.05, 0.1) is 23.5 Å². The Labute approximate surface area is 182 Å². The maximum atomic E-state index is 12.3. The number of rotatable bonds is 6. The molecule has 0 spiro atoms. The van der Waals surface area contributed by atoms with E-state index in [1.165, 1.54) is 6.20 Å². The van der Waals surface area contributed by atoms with Gasteiger partial charge in [-0.3, -0.25) is 15.0 Å². The van der Waals surface area contributed by atoms with Gasteiger partial charge in [0.2, 0.25) is 0 Å². The van der Waals surface area contributed by atoms with E-state index >= 15 is 0 Å². The first kappa shape index (κ1) is 19.3. The van der Waals surface area contributed by atoms with E-state index in [-0.39, 0.29) is 11.8 Å². The largest absolute Gasteiger partial charge is 0.494 e. The molecule has 9 nitrogen and oxygen atoms in total. The number of nitrogens with one attached hydrogen (secondary N) is 4. The number of fused-ring (bicyclic) bond motifs is 1. The summed E-state index contributed by atoms with van der Waals surface area (Å²) < 4.78 is 0. The van der Waals surface area contributed by atoms with Gasteiger partial charge in [-0.15, -0.1) is 0 Å². The monoisotopic (exact) mass is 425 g/mol. The molecule has 0 saturated heterocycles. The van der Waals surface area contributed by atoms with Crippen molar-refractivity contribution in [3.05, 3.63) is 89.4 Å². The van der Waals surface area contributed by atoms with Gasteiger partial charge in [-0.25, -0.2) is 4.99 Å². The maximum absolute atomic E-state index is 12.3. The fourth-order valence-electron chi connectivity index (χ4n) is 3.51. The van der Waals surface area contributed by atoms with Crippen molar-refractivity contribution in [2.45, 2.75) is 6.42 Å². The van der Waals surface area contributed by atoms with Gasteiger partial charge in [0.15, 0.2) is 5.88 Å². The number of aliphatic imine (C=N–C) groups is 1. The molecule has 0 aliphatic carbocycles. The molecule has 0 unspecified atom stereocenters. The average Bonchev–Trinajstić information content (AvgIpc) is 3.54. The van der Waals surface area contributed by atoms with Gasteiger partial charge in [0, 0.05) is 35.1 Å². The van der Waals surface area contributed by atoms with E-state index in [0.29, 0.717) is 29.1 Å². The van der Waals surface area contributed by atoms with Gasteiger partial charge in [0.1, 0.15) is 5.82 Å². The number of H-pyrrole nitrogens is 3. The number of amides is 1. The summed E-state index contributed by atoms with van der Waals surface area (Å²) in [5.41, 5.74) is 4.71. The molecule has 0 saturated carbocycles. The Morgan fingerprint density at radius 3 is 2.84 bits per heavy atom. The number of hydrogen-bond acceptors (Lipinski definition) is 5. The first-order valence-electron chi connectivity index (χ1n) is 9.92. The Morgan fingerprint density at radius 1 is 1.12 bits per heavy atom. The van der Waals surface area contributed by atoms with E-state index in [0.717, 1.165) is 22.0 Å². The highest BCUT2D eigenvalue weighted by Gasteiger charge is 2.11. The van der Waals surface area contributed by atoms with Crippen molar-refractivity contribution in [3.63, 3.8) is 0 Å². The molecule has 2 aromatic carbocycles. The van der Waals surface area contributed by atoms with Crippen molar-refractivity contribution in [1.82, 2.24) is 25.4 Å². The van der Waals surface area contributed by atoms with Crippen LogP contribution in [0.5, 0.6) is 5.88 Å². The number of anilines is 1. The second kappa shape index (κ2) is 8.23. The van der Waals surface area contributed by atoms with Crippen LogP contribution in [0.15, 0.2) is 72.1 Å². The van der Waals surface area contributed by atoms with Gasteiger partial charge >= 0.3 is 0 Å². The van der Waals surface area contributed by atoms with Crippen LogP contribution < -0.4 is 5.32 Å². The molecule has 5 aromatic rings. The SMILES string of the molecule is O=C(Nc1cccc(Cc2ccc3[nH]c(O)c(C=Nc4ccn[nH]4)c3c2)c1)c1cn[nH]c1. The molecular weight excluding hydrogens is 406 g/mol. The molecule has 3 heterocycles. The fraction of sp³-hybridized carbons (Fsp3) is 0.0435. The predicted octanol–water partition coefficient (Wildman–Crippen LogP) is 3.91. The van der Waals surface area contributed by atoms with Gasteiger partial charge in [0.25, 0.3) is 5.91 Å². The first-order chi connectivity index (χ1) is 15.7. The van der Waals surface area contributed by atoms with E-state index in [1.807, 2.05) is 42.5 Å². The van der Waals surface area contributed by atoms with Gasteiger partial charge in [-0.05, 0) is 41.8 Å². The molecule has 3 aromatic heterocycles. The molecule has 1 amide bonds. The Kier molecular flexibility index (Phi) is 4.97. The highest BCUT2D eigenvalue weighted by Crippen LogP contribution is 2.28. The highest BCUT2D eigenvalue weighted by molar-refractivity contribution is 6.04. The number of benzene rings is 2. The number of aromatic hydroxyl groups is 1. The van der Waals surface area contributed by atoms with E-state index in [1.54, 1.807) is 24.7 Å². The van der Waals surface area contributed by atoms with Gasteiger partial charge in [-0.2, -0.15) is 10.2 Å². The normalized spacial score (nSPS) is 11.4. The molecule has 0 bridgehead atoms. The van der Waals surface area contributed by atoms with Crippen LogP contribution in [0.2, 0.25) is 0 Å². The molecule has 5 N–H and O–H groups in total. The summed E-state index contributed by atoms with van der Waals surface area (Å²) in [5.74, 6) is 0.440. The Balaban J connectivity index is 1.38. The molecule has 32 heavy (non-hydrogen) atoms. The molecule has 0 radical (unpaired) electrons. The lowest BCUT2D eigenvalue weighted by Crippen LogP contribution is -2.11. The summed E-state index contributed by atoms with van der Waals surface area (Å²) in [4.78, 5) is 19.6. The topological polar surface area (TPSA) is 135 Å². The predicted molar refractivity (Wildman–Crippen MR) is 122 cm³/mol. The van der Waals surface area contributed by atoms with Crippen LogP contribution in [0.25, 0.3) is 10.9 Å². The molecule has 9 heteroatoms. The minimum Gasteiger partial charge on any atom is -0.494 e. The van der Waals surface area contributed by atoms with Crippen molar-refractivity contribution >= 4 is 34.5 Å². The van der Waals surface area contributed by atoms with E-state index < -0.39 is 0 Å². The molecule has 0 aliphatic rings. The van der Waals surface area contributed by atoms with Crippen LogP contribution in [0.1, 0.15) is 27.0 Å². The Hall–Kier alpha value is -4.66. The molecular formula is C23H19N7O2. The number of carbonyl (C=O) groups excluding carboxylic acids is 1. The van der Waals surface area contributed by atoms with Crippen molar-refractivity contribution in [2.24, 2.45) is 4.99 Å². The number of hydrogen-bond donors (Lipinski definition) is 5. The first-order valence-corrected chi connectivity index (χ1v) is 9.92. The van der Waals surface area contributed by atoms with Crippen molar-refractivity contribution < 1.29 is 9.90 Å². The summed E-state index contributed by atoms with van der Waals surface area (Å²) in [6.07, 6.45) is 6.92. The summed E-state index contributed by atoms with van der Waals surface area (Å²) in [6.45, 7) is 0. The summed E-state index contributed by atoms with van der Waals surface area (Å²) in [6, 6.07) is 15.4. The smallest absolute Gasteiger partial charge is 0.258 e. The Morgan fingerprint density at radius 2 is 2.03 bits per heavy atom. The van der Waals surface area contributed by atoms with Gasteiger partial charge in [-0.1, -0.05) is 18.2 Å². The van der Waals surface area contributed by atoms with E-state index in [9.17, 15) is 9.90 Å². The lowest BCUT2D eigenvalue weighted by molar-refractivity contribution is 0.102. The third-order valence-electron chi connectivity index (χ3n) is 5.05. The summed E-state index contributed by atoms with van der Waals surface area (Å²) in [5, 5.41) is 27.1. The lowest BCUT2D eigenvalue weighted by Gasteiger charge is -2.07. The molecule has 5 rings (SSSR count). The van der Waals surface area contributed by atoms with Crippen molar-refractivity contribution in [3.8, 4) is 5.88 Å². The zero-order valence-corrected chi connectivity index (χ0v) is 16.8.